The molecule has 2 rings (SSSR count). The van der Waals surface area contributed by atoms with Crippen molar-refractivity contribution in [1.29, 1.82) is 0 Å². The van der Waals surface area contributed by atoms with Gasteiger partial charge in [0.25, 0.3) is 5.69 Å². The number of methoxy groups -OCH3 is 1. The van der Waals surface area contributed by atoms with Crippen LogP contribution in [0.3, 0.4) is 0 Å². The highest BCUT2D eigenvalue weighted by Crippen LogP contribution is 2.36. The Labute approximate surface area is 127 Å². The van der Waals surface area contributed by atoms with Gasteiger partial charge in [-0.3, -0.25) is 10.1 Å². The molecule has 0 aliphatic carbocycles. The van der Waals surface area contributed by atoms with Gasteiger partial charge in [0.15, 0.2) is 4.34 Å². The number of nitro benzene ring substituents is 1. The fraction of sp³-hybridized carbons (Fsp3) is 0.167. The highest BCUT2D eigenvalue weighted by atomic mass is 32.2. The zero-order valence-electron chi connectivity index (χ0n) is 11.0. The first-order chi connectivity index (χ1) is 9.90. The fourth-order valence-corrected chi connectivity index (χ4v) is 3.64. The number of aryl methyl sites for hydroxylation is 1. The lowest BCUT2D eigenvalue weighted by molar-refractivity contribution is -0.385. The molecule has 0 aliphatic rings. The smallest absolute Gasteiger partial charge is 0.347 e. The first kappa shape index (κ1) is 15.3. The zero-order valence-corrected chi connectivity index (χ0v) is 12.7. The van der Waals surface area contributed by atoms with Gasteiger partial charge >= 0.3 is 5.97 Å². The quantitative estimate of drug-likeness (QED) is 0.664. The van der Waals surface area contributed by atoms with Crippen molar-refractivity contribution in [3.63, 3.8) is 0 Å². The Morgan fingerprint density at radius 3 is 2.71 bits per heavy atom. The lowest BCUT2D eigenvalue weighted by atomic mass is 10.3. The molecule has 9 heteroatoms. The van der Waals surface area contributed by atoms with E-state index in [1.807, 2.05) is 0 Å². The number of nitro groups is 1. The van der Waals surface area contributed by atoms with Gasteiger partial charge in [0.1, 0.15) is 10.6 Å². The van der Waals surface area contributed by atoms with Crippen LogP contribution in [-0.2, 0) is 0 Å². The molecule has 0 amide bonds. The van der Waals surface area contributed by atoms with Crippen molar-refractivity contribution in [1.82, 2.24) is 4.98 Å². The lowest BCUT2D eigenvalue weighted by Crippen LogP contribution is -1.94. The Hall–Kier alpha value is -2.13. The van der Waals surface area contributed by atoms with Gasteiger partial charge in [0.2, 0.25) is 0 Å². The highest BCUT2D eigenvalue weighted by molar-refractivity contribution is 8.01. The van der Waals surface area contributed by atoms with Gasteiger partial charge in [0.05, 0.1) is 23.8 Å². The van der Waals surface area contributed by atoms with Crippen LogP contribution in [0.5, 0.6) is 5.75 Å². The summed E-state index contributed by atoms with van der Waals surface area (Å²) >= 11 is 2.19. The van der Waals surface area contributed by atoms with Crippen molar-refractivity contribution in [2.24, 2.45) is 0 Å². The molecule has 0 saturated heterocycles. The summed E-state index contributed by atoms with van der Waals surface area (Å²) < 4.78 is 5.53. The van der Waals surface area contributed by atoms with Crippen LogP contribution in [0.1, 0.15) is 15.4 Å². The summed E-state index contributed by atoms with van der Waals surface area (Å²) in [7, 11) is 1.42. The third kappa shape index (κ3) is 3.50. The zero-order chi connectivity index (χ0) is 15.6. The summed E-state index contributed by atoms with van der Waals surface area (Å²) in [5.41, 5.74) is 0.330. The van der Waals surface area contributed by atoms with Gasteiger partial charge in [-0.15, -0.1) is 11.3 Å². The number of aromatic nitrogens is 1. The van der Waals surface area contributed by atoms with Crippen molar-refractivity contribution in [3.8, 4) is 5.75 Å². The maximum atomic E-state index is 11.0. The summed E-state index contributed by atoms with van der Waals surface area (Å²) in [6.07, 6.45) is 0. The van der Waals surface area contributed by atoms with Gasteiger partial charge in [-0.1, -0.05) is 11.8 Å². The van der Waals surface area contributed by atoms with E-state index in [1.54, 1.807) is 13.0 Å². The van der Waals surface area contributed by atoms with E-state index < -0.39 is 10.9 Å². The molecule has 110 valence electrons. The first-order valence-electron chi connectivity index (χ1n) is 5.62. The van der Waals surface area contributed by atoms with Gasteiger partial charge in [-0.2, -0.15) is 0 Å². The Morgan fingerprint density at radius 2 is 2.19 bits per heavy atom. The minimum Gasteiger partial charge on any atom is -0.496 e. The molecule has 0 fully saturated rings. The second kappa shape index (κ2) is 6.10. The van der Waals surface area contributed by atoms with Crippen LogP contribution in [-0.4, -0.2) is 28.1 Å². The number of ether oxygens (including phenoxy) is 1. The predicted molar refractivity (Wildman–Crippen MR) is 77.6 cm³/mol. The number of non-ortho nitro benzene ring substituents is 1. The fourth-order valence-electron chi connectivity index (χ4n) is 1.55. The second-order valence-electron chi connectivity index (χ2n) is 3.93. The molecule has 0 bridgehead atoms. The summed E-state index contributed by atoms with van der Waals surface area (Å²) in [6, 6.07) is 4.35. The van der Waals surface area contributed by atoms with Crippen LogP contribution in [0.4, 0.5) is 5.69 Å². The average molecular weight is 326 g/mol. The largest absolute Gasteiger partial charge is 0.496 e. The number of hydrogen-bond donors (Lipinski definition) is 1. The molecule has 0 radical (unpaired) electrons. The highest BCUT2D eigenvalue weighted by Gasteiger charge is 2.16. The Morgan fingerprint density at radius 1 is 1.48 bits per heavy atom. The van der Waals surface area contributed by atoms with Crippen LogP contribution in [0.15, 0.2) is 27.4 Å². The number of carbonyl (C=O) groups is 1. The molecule has 0 unspecified atom stereocenters. The van der Waals surface area contributed by atoms with Crippen molar-refractivity contribution < 1.29 is 19.6 Å². The van der Waals surface area contributed by atoms with Crippen molar-refractivity contribution in [2.75, 3.05) is 7.11 Å². The molecule has 0 aliphatic heterocycles. The van der Waals surface area contributed by atoms with Crippen LogP contribution in [0.25, 0.3) is 0 Å². The lowest BCUT2D eigenvalue weighted by Gasteiger charge is -2.03. The van der Waals surface area contributed by atoms with E-state index in [2.05, 4.69) is 4.98 Å². The molecule has 0 spiro atoms. The average Bonchev–Trinajstić information content (AvgIpc) is 2.79. The number of nitrogens with zero attached hydrogens (tertiary/aromatic N) is 2. The van der Waals surface area contributed by atoms with Crippen molar-refractivity contribution in [2.45, 2.75) is 16.2 Å². The molecule has 0 atom stereocenters. The monoisotopic (exact) mass is 326 g/mol. The molecular formula is C12H10N2O5S2. The SMILES string of the molecule is COc1cc(Sc2nc(C)c(C(=O)O)s2)cc([N+](=O)[O-])c1. The second-order valence-corrected chi connectivity index (χ2v) is 6.25. The van der Waals surface area contributed by atoms with Gasteiger partial charge in [-0.05, 0) is 13.0 Å². The van der Waals surface area contributed by atoms with Crippen LogP contribution in [0.2, 0.25) is 0 Å². The van der Waals surface area contributed by atoms with E-state index in [1.165, 1.54) is 19.2 Å². The first-order valence-corrected chi connectivity index (χ1v) is 7.26. The number of aromatic carboxylic acids is 1. The standard InChI is InChI=1S/C12H10N2O5S2/c1-6-10(11(15)16)21-12(13-6)20-9-4-7(14(17)18)3-8(5-9)19-2/h3-5H,1-2H3,(H,15,16). The minimum atomic E-state index is -1.03. The number of thiazole rings is 1. The van der Waals surface area contributed by atoms with E-state index in [0.717, 1.165) is 23.1 Å². The molecule has 0 saturated carbocycles. The van der Waals surface area contributed by atoms with Gasteiger partial charge < -0.3 is 9.84 Å². The molecule has 1 N–H and O–H groups in total. The summed E-state index contributed by atoms with van der Waals surface area (Å²) in [5.74, 6) is -0.674. The third-order valence-corrected chi connectivity index (χ3v) is 4.67. The van der Waals surface area contributed by atoms with Crippen LogP contribution in [0, 0.1) is 17.0 Å². The number of carboxylic acid groups (broad SMARTS) is 1. The van der Waals surface area contributed by atoms with Crippen LogP contribution >= 0.6 is 23.1 Å². The topological polar surface area (TPSA) is 103 Å². The molecule has 1 aromatic carbocycles. The number of hydrogen-bond acceptors (Lipinski definition) is 7. The molecule has 7 nitrogen and oxygen atoms in total. The van der Waals surface area contributed by atoms with E-state index in [-0.39, 0.29) is 10.6 Å². The van der Waals surface area contributed by atoms with E-state index in [9.17, 15) is 14.9 Å². The van der Waals surface area contributed by atoms with E-state index in [0.29, 0.717) is 20.7 Å². The van der Waals surface area contributed by atoms with E-state index >= 15 is 0 Å². The minimum absolute atomic E-state index is 0.0939. The summed E-state index contributed by atoms with van der Waals surface area (Å²) in [4.78, 5) is 26.2. The maximum absolute atomic E-state index is 11.0. The molecular weight excluding hydrogens is 316 g/mol. The number of carboxylic acids is 1. The Kier molecular flexibility index (Phi) is 4.43. The summed E-state index contributed by atoms with van der Waals surface area (Å²) in [5, 5.41) is 19.9. The normalized spacial score (nSPS) is 10.4. The number of benzene rings is 1. The van der Waals surface area contributed by atoms with Crippen molar-refractivity contribution in [3.05, 3.63) is 38.9 Å². The van der Waals surface area contributed by atoms with Gasteiger partial charge in [0, 0.05) is 11.0 Å². The molecule has 2 aromatic rings. The third-order valence-electron chi connectivity index (χ3n) is 2.49. The van der Waals surface area contributed by atoms with Gasteiger partial charge in [-0.25, -0.2) is 9.78 Å². The Balaban J connectivity index is 2.34. The summed E-state index contributed by atoms with van der Waals surface area (Å²) in [6.45, 7) is 1.61. The number of rotatable bonds is 5. The predicted octanol–water partition coefficient (Wildman–Crippen LogP) is 3.22. The Bertz CT molecular complexity index is 714. The van der Waals surface area contributed by atoms with E-state index in [4.69, 9.17) is 9.84 Å². The van der Waals surface area contributed by atoms with Crippen molar-refractivity contribution >= 4 is 34.8 Å². The molecule has 21 heavy (non-hydrogen) atoms. The maximum Gasteiger partial charge on any atom is 0.347 e. The molecule has 1 heterocycles. The van der Waals surface area contributed by atoms with Crippen LogP contribution < -0.4 is 4.74 Å². The molecule has 1 aromatic heterocycles.